The smallest absolute Gasteiger partial charge is 0.161 e. The van der Waals surface area contributed by atoms with Crippen molar-refractivity contribution in [1.82, 2.24) is 10.2 Å². The maximum atomic E-state index is 10.7. The summed E-state index contributed by atoms with van der Waals surface area (Å²) in [6, 6.07) is 4.45. The summed E-state index contributed by atoms with van der Waals surface area (Å²) in [4.78, 5) is -0.747. The van der Waals surface area contributed by atoms with Crippen LogP contribution < -0.4 is 14.8 Å². The quantitative estimate of drug-likeness (QED) is 0.788. The van der Waals surface area contributed by atoms with E-state index >= 15 is 0 Å². The molecule has 2 rings (SSSR count). The number of para-hydroxylation sites is 2. The molecule has 1 fully saturated rings. The molecule has 2 N–H and O–H groups in total. The first kappa shape index (κ1) is 4.10. The normalized spacial score (nSPS) is 44.9. The van der Waals surface area contributed by atoms with Crippen LogP contribution >= 0.6 is 0 Å². The number of β-amino-alcohol motifs (C(OH)–C–C–N with tert-alkyl or cyclic N) is 1. The molecule has 0 spiro atoms. The molecular formula is C14H22N2O3. The summed E-state index contributed by atoms with van der Waals surface area (Å²) in [7, 11) is -3.04. The standard InChI is InChI=1S/C14H22N2O3/c1-18-13-4-2-3-5-14(13)19-11-12(17)10-16-8-6-15-7-9-16/h2-5,12,15,17H,6-11H2,1H3/i1D3,6D2,7D2,8D2,9D2,10D2,11D2,12D. The summed E-state index contributed by atoms with van der Waals surface area (Å²) in [6.45, 7) is -22.8. The molecule has 106 valence electrons. The molecule has 1 unspecified atom stereocenters. The summed E-state index contributed by atoms with van der Waals surface area (Å²) >= 11 is 0. The van der Waals surface area contributed by atoms with Crippen LogP contribution in [-0.4, -0.2) is 62.2 Å². The Hall–Kier alpha value is -1.30. The molecule has 0 amide bonds. The number of methoxy groups -OCH3 is 1. The van der Waals surface area contributed by atoms with Gasteiger partial charge in [-0.2, -0.15) is 0 Å². The van der Waals surface area contributed by atoms with Gasteiger partial charge in [0.2, 0.25) is 0 Å². The number of piperazine rings is 1. The molecule has 1 aromatic rings. The summed E-state index contributed by atoms with van der Waals surface area (Å²) in [5.41, 5.74) is 0. The van der Waals surface area contributed by atoms with Gasteiger partial charge in [-0.3, -0.25) is 4.90 Å². The fourth-order valence-electron chi connectivity index (χ4n) is 1.13. The van der Waals surface area contributed by atoms with Crippen molar-refractivity contribution in [2.45, 2.75) is 6.08 Å². The van der Waals surface area contributed by atoms with Crippen LogP contribution in [0, 0.1) is 0 Å². The molecule has 0 saturated carbocycles. The lowest BCUT2D eigenvalue weighted by Crippen LogP contribution is -2.47. The molecule has 1 aliphatic heterocycles. The molecule has 1 heterocycles. The third-order valence-corrected chi connectivity index (χ3v) is 1.89. The molecular weight excluding hydrogens is 244 g/mol. The van der Waals surface area contributed by atoms with E-state index in [0.717, 1.165) is 12.1 Å². The average molecular weight is 282 g/mol. The topological polar surface area (TPSA) is 54.0 Å². The molecule has 0 aliphatic carbocycles. The Morgan fingerprint density at radius 2 is 2.26 bits per heavy atom. The van der Waals surface area contributed by atoms with Gasteiger partial charge in [0.15, 0.2) is 11.5 Å². The molecule has 5 heteroatoms. The summed E-state index contributed by atoms with van der Waals surface area (Å²) in [5.74, 6) is -1.33. The first-order valence-electron chi connectivity index (χ1n) is 13.0. The number of nitrogens with zero attached hydrogens (tertiary/aromatic N) is 1. The van der Waals surface area contributed by atoms with Crippen molar-refractivity contribution < 1.29 is 36.5 Å². The summed E-state index contributed by atoms with van der Waals surface area (Å²) < 4.78 is 134. The largest absolute Gasteiger partial charge is 0.493 e. The van der Waals surface area contributed by atoms with Gasteiger partial charge in [-0.25, -0.2) is 0 Å². The third kappa shape index (κ3) is 4.38. The minimum absolute atomic E-state index is 0.603. The molecule has 0 bridgehead atoms. The fraction of sp³-hybridized carbons (Fsp3) is 0.571. The van der Waals surface area contributed by atoms with Crippen LogP contribution in [0.5, 0.6) is 11.5 Å². The van der Waals surface area contributed by atoms with Crippen molar-refractivity contribution in [3.63, 3.8) is 0 Å². The second kappa shape index (κ2) is 7.33. The summed E-state index contributed by atoms with van der Waals surface area (Å²) in [6.07, 6.45) is -4.29. The van der Waals surface area contributed by atoms with Crippen LogP contribution in [0.3, 0.4) is 0 Å². The van der Waals surface area contributed by atoms with Gasteiger partial charge in [0.1, 0.15) is 12.6 Å². The number of hydrogen-bond acceptors (Lipinski definition) is 5. The molecule has 0 aromatic heterocycles. The lowest BCUT2D eigenvalue weighted by molar-refractivity contribution is 0.0632. The second-order valence-electron chi connectivity index (χ2n) is 3.15. The highest BCUT2D eigenvalue weighted by molar-refractivity contribution is 5.39. The van der Waals surface area contributed by atoms with Crippen molar-refractivity contribution in [2.24, 2.45) is 0 Å². The van der Waals surface area contributed by atoms with Crippen molar-refractivity contribution in [1.29, 1.82) is 0 Å². The van der Waals surface area contributed by atoms with Crippen molar-refractivity contribution in [3.8, 4) is 11.5 Å². The molecule has 1 aliphatic rings. The Labute approximate surface area is 136 Å². The molecule has 1 saturated heterocycles. The molecule has 1 aromatic carbocycles. The van der Waals surface area contributed by atoms with Gasteiger partial charge < -0.3 is 19.9 Å². The van der Waals surface area contributed by atoms with Crippen molar-refractivity contribution >= 4 is 0 Å². The van der Waals surface area contributed by atoms with Crippen LogP contribution in [0.2, 0.25) is 0 Å². The molecule has 0 radical (unpaired) electrons. The van der Waals surface area contributed by atoms with Crippen molar-refractivity contribution in [3.05, 3.63) is 24.3 Å². The fourth-order valence-corrected chi connectivity index (χ4v) is 1.13. The molecule has 1 atom stereocenters. The Bertz CT molecular complexity index is 922. The van der Waals surface area contributed by atoms with Gasteiger partial charge in [-0.15, -0.1) is 0 Å². The van der Waals surface area contributed by atoms with E-state index in [1.54, 1.807) is 0 Å². The van der Waals surface area contributed by atoms with E-state index in [2.05, 4.69) is 4.74 Å². The lowest BCUT2D eigenvalue weighted by Gasteiger charge is -2.29. The predicted octanol–water partition coefficient (Wildman–Crippen LogP) is 0.340. The highest BCUT2D eigenvalue weighted by Gasteiger charge is 2.15. The van der Waals surface area contributed by atoms with Crippen LogP contribution in [-0.2, 0) is 0 Å². The number of benzene rings is 1. The Kier molecular flexibility index (Phi) is 1.58. The van der Waals surface area contributed by atoms with E-state index in [-0.39, 0.29) is 0 Å². The third-order valence-electron chi connectivity index (χ3n) is 1.89. The van der Waals surface area contributed by atoms with E-state index in [4.69, 9.17) is 26.7 Å². The number of ether oxygens (including phenoxy) is 2. The zero-order valence-corrected chi connectivity index (χ0v) is 9.52. The van der Waals surface area contributed by atoms with Gasteiger partial charge in [0.05, 0.1) is 15.3 Å². The van der Waals surface area contributed by atoms with E-state index in [9.17, 15) is 5.11 Å². The van der Waals surface area contributed by atoms with Gasteiger partial charge in [0.25, 0.3) is 0 Å². The number of aliphatic hydroxyl groups is 1. The minimum Gasteiger partial charge on any atom is -0.493 e. The SMILES string of the molecule is [2H]C([2H])([2H])Oc1ccccc1OC([2H])([2H])C([2H])(O)C([2H])([2H])N1C([2H])([2H])C([2H])([2H])NC([2H])([2H])C1([2H])[2H]. The lowest BCUT2D eigenvalue weighted by atomic mass is 10.3. The Morgan fingerprint density at radius 3 is 3.00 bits per heavy atom. The summed E-state index contributed by atoms with van der Waals surface area (Å²) in [5, 5.41) is 12.2. The molecule has 19 heavy (non-hydrogen) atoms. The zero-order valence-electron chi connectivity index (χ0n) is 25.5. The first-order chi connectivity index (χ1) is 15.2. The minimum atomic E-state index is -4.29. The average Bonchev–Trinajstić information content (AvgIpc) is 2.58. The van der Waals surface area contributed by atoms with Gasteiger partial charge in [-0.05, 0) is 12.1 Å². The number of hydrogen-bond donors (Lipinski definition) is 2. The molecule has 5 nitrogen and oxygen atoms in total. The van der Waals surface area contributed by atoms with Gasteiger partial charge >= 0.3 is 0 Å². The maximum absolute atomic E-state index is 10.7. The van der Waals surface area contributed by atoms with Crippen LogP contribution in [0.15, 0.2) is 24.3 Å². The zero-order chi connectivity index (χ0) is 27.7. The monoisotopic (exact) mass is 282 g/mol. The van der Waals surface area contributed by atoms with Crippen LogP contribution in [0.4, 0.5) is 0 Å². The first-order valence-corrected chi connectivity index (χ1v) is 5.04. The van der Waals surface area contributed by atoms with Gasteiger partial charge in [-0.1, -0.05) is 12.1 Å². The van der Waals surface area contributed by atoms with E-state index in [0.29, 0.717) is 0 Å². The predicted molar refractivity (Wildman–Crippen MR) is 73.8 cm³/mol. The van der Waals surface area contributed by atoms with Gasteiger partial charge in [0, 0.05) is 46.2 Å². The Balaban J connectivity index is 2.61. The van der Waals surface area contributed by atoms with Crippen LogP contribution in [0.25, 0.3) is 0 Å². The van der Waals surface area contributed by atoms with E-state index < -0.39 is 68.6 Å². The van der Waals surface area contributed by atoms with Crippen LogP contribution in [0.1, 0.15) is 21.9 Å². The van der Waals surface area contributed by atoms with E-state index in [1.807, 2.05) is 0 Å². The second-order valence-corrected chi connectivity index (χ2v) is 3.15. The maximum Gasteiger partial charge on any atom is 0.161 e. The Morgan fingerprint density at radius 1 is 1.53 bits per heavy atom. The number of rotatable bonds is 6. The van der Waals surface area contributed by atoms with Crippen molar-refractivity contribution in [2.75, 3.05) is 46.1 Å². The highest BCUT2D eigenvalue weighted by atomic mass is 16.5. The highest BCUT2D eigenvalue weighted by Crippen LogP contribution is 2.25. The number of nitrogens with one attached hydrogen (secondary N) is 1. The van der Waals surface area contributed by atoms with E-state index in [1.165, 1.54) is 17.4 Å².